The maximum Gasteiger partial charge on any atom is 0.242 e. The number of carbonyl (C=O) groups excluding carboxylic acids is 4. The van der Waals surface area contributed by atoms with E-state index >= 15 is 0 Å². The zero-order valence-corrected chi connectivity index (χ0v) is 15.5. The topological polar surface area (TPSA) is 83.6 Å². The highest BCUT2D eigenvalue weighted by Crippen LogP contribution is 2.26. The van der Waals surface area contributed by atoms with Crippen molar-refractivity contribution in [2.75, 3.05) is 19.3 Å². The van der Waals surface area contributed by atoms with Crippen molar-refractivity contribution in [2.24, 2.45) is 0 Å². The maximum atomic E-state index is 12.2. The van der Waals surface area contributed by atoms with Crippen molar-refractivity contribution < 1.29 is 19.2 Å². The number of carbonyl (C=O) groups is 4. The van der Waals surface area contributed by atoms with Crippen LogP contribution >= 0.6 is 11.8 Å². The Balaban J connectivity index is 2.26. The van der Waals surface area contributed by atoms with E-state index in [4.69, 9.17) is 0 Å². The summed E-state index contributed by atoms with van der Waals surface area (Å²) >= 11 is 1.38. The quantitative estimate of drug-likeness (QED) is 0.427. The SMILES string of the molecule is CCCCCCC(=O)CCSC1CC(=O)N(CCC(=O)NC)C1=O. The summed E-state index contributed by atoms with van der Waals surface area (Å²) < 4.78 is 0. The summed E-state index contributed by atoms with van der Waals surface area (Å²) in [6.07, 6.45) is 5.69. The molecule has 1 unspecified atom stereocenters. The van der Waals surface area contributed by atoms with E-state index in [0.29, 0.717) is 18.6 Å². The lowest BCUT2D eigenvalue weighted by atomic mass is 10.1. The molecule has 0 bridgehead atoms. The standard InChI is InChI=1S/C17H28N2O4S/c1-3-4-5-6-7-13(20)9-11-24-14-12-16(22)19(17(14)23)10-8-15(21)18-2/h14H,3-12H2,1-2H3,(H,18,21). The highest BCUT2D eigenvalue weighted by atomic mass is 32.2. The van der Waals surface area contributed by atoms with Crippen LogP contribution in [-0.2, 0) is 19.2 Å². The summed E-state index contributed by atoms with van der Waals surface area (Å²) in [6, 6.07) is 0. The van der Waals surface area contributed by atoms with Crippen LogP contribution < -0.4 is 5.32 Å². The second-order valence-electron chi connectivity index (χ2n) is 5.97. The summed E-state index contributed by atoms with van der Waals surface area (Å²) in [5.74, 6) is 0.142. The molecule has 0 spiro atoms. The first-order chi connectivity index (χ1) is 11.5. The molecule has 136 valence electrons. The second-order valence-corrected chi connectivity index (χ2v) is 7.28. The van der Waals surface area contributed by atoms with Gasteiger partial charge >= 0.3 is 0 Å². The van der Waals surface area contributed by atoms with E-state index in [-0.39, 0.29) is 42.9 Å². The van der Waals surface area contributed by atoms with E-state index in [2.05, 4.69) is 12.2 Å². The number of likely N-dealkylation sites (tertiary alicyclic amines) is 1. The van der Waals surface area contributed by atoms with E-state index in [1.807, 2.05) is 0 Å². The van der Waals surface area contributed by atoms with E-state index in [0.717, 1.165) is 25.7 Å². The molecule has 0 aromatic carbocycles. The predicted molar refractivity (Wildman–Crippen MR) is 94.6 cm³/mol. The predicted octanol–water partition coefficient (Wildman–Crippen LogP) is 1.91. The molecule has 1 heterocycles. The highest BCUT2D eigenvalue weighted by molar-refractivity contribution is 8.00. The zero-order valence-electron chi connectivity index (χ0n) is 14.6. The summed E-state index contributed by atoms with van der Waals surface area (Å²) in [7, 11) is 1.52. The summed E-state index contributed by atoms with van der Waals surface area (Å²) in [5.41, 5.74) is 0. The third kappa shape index (κ3) is 7.03. The van der Waals surface area contributed by atoms with Crippen molar-refractivity contribution in [1.29, 1.82) is 0 Å². The van der Waals surface area contributed by atoms with Crippen molar-refractivity contribution in [3.05, 3.63) is 0 Å². The van der Waals surface area contributed by atoms with Crippen LogP contribution in [0.5, 0.6) is 0 Å². The molecule has 1 aliphatic heterocycles. The van der Waals surface area contributed by atoms with Crippen LogP contribution in [0.15, 0.2) is 0 Å². The summed E-state index contributed by atoms with van der Waals surface area (Å²) in [5, 5.41) is 2.06. The molecule has 3 amide bonds. The molecular weight excluding hydrogens is 328 g/mol. The van der Waals surface area contributed by atoms with Crippen molar-refractivity contribution in [1.82, 2.24) is 10.2 Å². The monoisotopic (exact) mass is 356 g/mol. The molecule has 0 saturated carbocycles. The first-order valence-corrected chi connectivity index (χ1v) is 9.72. The van der Waals surface area contributed by atoms with Crippen LogP contribution in [0.1, 0.15) is 58.3 Å². The van der Waals surface area contributed by atoms with Crippen LogP contribution in [0.3, 0.4) is 0 Å². The number of Topliss-reactive ketones (excluding diaryl/α,β-unsaturated/α-hetero) is 1. The minimum absolute atomic E-state index is 0.127. The average molecular weight is 356 g/mol. The number of hydrogen-bond donors (Lipinski definition) is 1. The Morgan fingerprint density at radius 1 is 1.17 bits per heavy atom. The molecule has 0 aromatic heterocycles. The summed E-state index contributed by atoms with van der Waals surface area (Å²) in [4.78, 5) is 48.3. The van der Waals surface area contributed by atoms with E-state index in [1.165, 1.54) is 23.7 Å². The van der Waals surface area contributed by atoms with E-state index in [9.17, 15) is 19.2 Å². The van der Waals surface area contributed by atoms with Crippen LogP contribution in [0, 0.1) is 0 Å². The Morgan fingerprint density at radius 2 is 1.92 bits per heavy atom. The van der Waals surface area contributed by atoms with Gasteiger partial charge in [0.25, 0.3) is 0 Å². The van der Waals surface area contributed by atoms with Crippen LogP contribution in [0.2, 0.25) is 0 Å². The van der Waals surface area contributed by atoms with Gasteiger partial charge in [-0.25, -0.2) is 0 Å². The van der Waals surface area contributed by atoms with Gasteiger partial charge in [0.1, 0.15) is 5.78 Å². The number of unbranched alkanes of at least 4 members (excludes halogenated alkanes) is 3. The molecule has 1 fully saturated rings. The number of nitrogens with zero attached hydrogens (tertiary/aromatic N) is 1. The second kappa shape index (κ2) is 11.2. The number of ketones is 1. The van der Waals surface area contributed by atoms with E-state index in [1.54, 1.807) is 0 Å². The van der Waals surface area contributed by atoms with Gasteiger partial charge in [-0.05, 0) is 6.42 Å². The normalized spacial score (nSPS) is 17.4. The molecule has 1 atom stereocenters. The lowest BCUT2D eigenvalue weighted by molar-refractivity contribution is -0.138. The van der Waals surface area contributed by atoms with Gasteiger partial charge in [-0.15, -0.1) is 11.8 Å². The van der Waals surface area contributed by atoms with Gasteiger partial charge in [0.2, 0.25) is 17.7 Å². The Morgan fingerprint density at radius 3 is 2.58 bits per heavy atom. The molecule has 1 rings (SSSR count). The molecule has 0 aliphatic carbocycles. The third-order valence-electron chi connectivity index (χ3n) is 4.05. The third-order valence-corrected chi connectivity index (χ3v) is 5.26. The Labute approximate surface area is 148 Å². The first-order valence-electron chi connectivity index (χ1n) is 8.67. The molecule has 0 aromatic rings. The number of hydrogen-bond acceptors (Lipinski definition) is 5. The molecule has 24 heavy (non-hydrogen) atoms. The molecule has 7 heteroatoms. The maximum absolute atomic E-state index is 12.2. The largest absolute Gasteiger partial charge is 0.359 e. The fourth-order valence-corrected chi connectivity index (χ4v) is 3.71. The first kappa shape index (κ1) is 20.7. The Hall–Kier alpha value is -1.37. The molecular formula is C17H28N2O4S. The number of amides is 3. The fraction of sp³-hybridized carbons (Fsp3) is 0.765. The molecule has 1 aliphatic rings. The summed E-state index contributed by atoms with van der Waals surface area (Å²) in [6.45, 7) is 2.26. The van der Waals surface area contributed by atoms with E-state index < -0.39 is 5.25 Å². The molecule has 1 N–H and O–H groups in total. The number of imide groups is 1. The van der Waals surface area contributed by atoms with Crippen molar-refractivity contribution >= 4 is 35.3 Å². The van der Waals surface area contributed by atoms with Gasteiger partial charge in [-0.1, -0.05) is 26.2 Å². The average Bonchev–Trinajstić information content (AvgIpc) is 2.83. The molecule has 1 saturated heterocycles. The van der Waals surface area contributed by atoms with Gasteiger partial charge in [0.05, 0.1) is 5.25 Å². The van der Waals surface area contributed by atoms with Gasteiger partial charge in [0.15, 0.2) is 0 Å². The van der Waals surface area contributed by atoms with Crippen molar-refractivity contribution in [2.45, 2.75) is 63.5 Å². The molecule has 0 radical (unpaired) electrons. The lowest BCUT2D eigenvalue weighted by Crippen LogP contribution is -2.34. The van der Waals surface area contributed by atoms with Crippen LogP contribution in [0.25, 0.3) is 0 Å². The minimum atomic E-state index is -0.407. The van der Waals surface area contributed by atoms with Crippen molar-refractivity contribution in [3.8, 4) is 0 Å². The van der Waals surface area contributed by atoms with Crippen LogP contribution in [-0.4, -0.2) is 53.0 Å². The van der Waals surface area contributed by atoms with Gasteiger partial charge < -0.3 is 5.32 Å². The van der Waals surface area contributed by atoms with Crippen molar-refractivity contribution in [3.63, 3.8) is 0 Å². The van der Waals surface area contributed by atoms with Gasteiger partial charge in [0, 0.05) is 45.0 Å². The fourth-order valence-electron chi connectivity index (χ4n) is 2.55. The number of thioether (sulfide) groups is 1. The Kier molecular flexibility index (Phi) is 9.67. The highest BCUT2D eigenvalue weighted by Gasteiger charge is 2.38. The lowest BCUT2D eigenvalue weighted by Gasteiger charge is -2.14. The zero-order chi connectivity index (χ0) is 17.9. The minimum Gasteiger partial charge on any atom is -0.359 e. The number of rotatable bonds is 12. The number of nitrogens with one attached hydrogen (secondary N) is 1. The Bertz CT molecular complexity index is 468. The van der Waals surface area contributed by atoms with Gasteiger partial charge in [-0.2, -0.15) is 0 Å². The van der Waals surface area contributed by atoms with Crippen LogP contribution in [0.4, 0.5) is 0 Å². The smallest absolute Gasteiger partial charge is 0.242 e. The molecule has 6 nitrogen and oxygen atoms in total. The van der Waals surface area contributed by atoms with Gasteiger partial charge in [-0.3, -0.25) is 24.1 Å².